The lowest BCUT2D eigenvalue weighted by Gasteiger charge is -2.15. The van der Waals surface area contributed by atoms with Gasteiger partial charge in [-0.05, 0) is 25.0 Å². The summed E-state index contributed by atoms with van der Waals surface area (Å²) in [5, 5.41) is 2.51. The Kier molecular flexibility index (Phi) is 4.08. The van der Waals surface area contributed by atoms with Crippen molar-refractivity contribution in [3.8, 4) is 5.69 Å². The second-order valence-corrected chi connectivity index (χ2v) is 5.15. The van der Waals surface area contributed by atoms with Crippen LogP contribution in [0, 0.1) is 12.8 Å². The predicted molar refractivity (Wildman–Crippen MR) is 79.3 cm³/mol. The zero-order valence-corrected chi connectivity index (χ0v) is 12.0. The summed E-state index contributed by atoms with van der Waals surface area (Å²) in [6, 6.07) is 9.43. The van der Waals surface area contributed by atoms with E-state index in [1.54, 1.807) is 4.68 Å². The second kappa shape index (κ2) is 5.77. The Balaban J connectivity index is 2.68. The summed E-state index contributed by atoms with van der Waals surface area (Å²) in [4.78, 5) is 23.2. The van der Waals surface area contributed by atoms with Crippen LogP contribution in [0.4, 0.5) is 5.69 Å². The normalized spacial score (nSPS) is 10.8. The Morgan fingerprint density at radius 3 is 2.45 bits per heavy atom. The molecule has 0 aliphatic rings. The van der Waals surface area contributed by atoms with Crippen LogP contribution in [0.3, 0.4) is 0 Å². The minimum Gasteiger partial charge on any atom is -0.323 e. The van der Waals surface area contributed by atoms with Crippen LogP contribution >= 0.6 is 0 Å². The van der Waals surface area contributed by atoms with Crippen molar-refractivity contribution >= 4 is 12.1 Å². The number of aromatic nitrogens is 2. The maximum atomic E-state index is 12.5. The van der Waals surface area contributed by atoms with E-state index in [9.17, 15) is 9.59 Å². The van der Waals surface area contributed by atoms with Gasteiger partial charge in [0.05, 0.1) is 11.4 Å². The van der Waals surface area contributed by atoms with Gasteiger partial charge in [0.1, 0.15) is 5.69 Å². The lowest BCUT2D eigenvalue weighted by atomic mass is 10.2. The van der Waals surface area contributed by atoms with Crippen molar-refractivity contribution in [3.05, 3.63) is 46.4 Å². The van der Waals surface area contributed by atoms with Gasteiger partial charge in [-0.3, -0.25) is 14.3 Å². The molecule has 0 radical (unpaired) electrons. The highest BCUT2D eigenvalue weighted by molar-refractivity contribution is 5.72. The van der Waals surface area contributed by atoms with Gasteiger partial charge < -0.3 is 5.32 Å². The largest absolute Gasteiger partial charge is 0.323 e. The Hall–Kier alpha value is -2.30. The Morgan fingerprint density at radius 1 is 1.25 bits per heavy atom. The minimum atomic E-state index is -0.207. The molecule has 2 aromatic rings. The maximum Gasteiger partial charge on any atom is 0.295 e. The van der Waals surface area contributed by atoms with Crippen molar-refractivity contribution in [1.82, 2.24) is 9.36 Å². The number of hydrogen-bond donors (Lipinski definition) is 1. The monoisotopic (exact) mass is 273 g/mol. The number of rotatable bonds is 5. The molecule has 0 unspecified atom stereocenters. The number of nitrogens with zero attached hydrogens (tertiary/aromatic N) is 2. The summed E-state index contributed by atoms with van der Waals surface area (Å²) in [7, 11) is 0. The van der Waals surface area contributed by atoms with E-state index in [1.165, 1.54) is 0 Å². The standard InChI is InChI=1S/C15H19N3O2/c1-11(2)9-17-12(3)14(16-10-19)15(20)18(17)13-7-5-4-6-8-13/h4-8,10-11H,9H2,1-3H3,(H,16,19). The van der Waals surface area contributed by atoms with E-state index in [2.05, 4.69) is 19.2 Å². The molecule has 5 heteroatoms. The summed E-state index contributed by atoms with van der Waals surface area (Å²) in [5.41, 5.74) is 1.69. The van der Waals surface area contributed by atoms with Gasteiger partial charge in [0, 0.05) is 6.54 Å². The topological polar surface area (TPSA) is 56.0 Å². The summed E-state index contributed by atoms with van der Waals surface area (Å²) in [6.45, 7) is 6.73. The average molecular weight is 273 g/mol. The first kappa shape index (κ1) is 14.1. The average Bonchev–Trinajstić information content (AvgIpc) is 2.64. The quantitative estimate of drug-likeness (QED) is 0.849. The fraction of sp³-hybridized carbons (Fsp3) is 0.333. The van der Waals surface area contributed by atoms with E-state index in [0.717, 1.165) is 11.4 Å². The zero-order chi connectivity index (χ0) is 14.7. The number of anilines is 1. The number of amides is 1. The lowest BCUT2D eigenvalue weighted by molar-refractivity contribution is -0.105. The molecule has 1 N–H and O–H groups in total. The number of nitrogens with one attached hydrogen (secondary N) is 1. The summed E-state index contributed by atoms with van der Waals surface area (Å²) in [6.07, 6.45) is 0.540. The van der Waals surface area contributed by atoms with Crippen LogP contribution in [-0.2, 0) is 11.3 Å². The van der Waals surface area contributed by atoms with E-state index in [1.807, 2.05) is 41.9 Å². The fourth-order valence-corrected chi connectivity index (χ4v) is 2.26. The Bertz CT molecular complexity index is 654. The van der Waals surface area contributed by atoms with Crippen molar-refractivity contribution < 1.29 is 4.79 Å². The van der Waals surface area contributed by atoms with Gasteiger partial charge in [-0.1, -0.05) is 32.0 Å². The maximum absolute atomic E-state index is 12.5. The molecular formula is C15H19N3O2. The van der Waals surface area contributed by atoms with Crippen molar-refractivity contribution in [2.75, 3.05) is 5.32 Å². The first-order valence-corrected chi connectivity index (χ1v) is 6.64. The van der Waals surface area contributed by atoms with Gasteiger partial charge in [-0.25, -0.2) is 4.68 Å². The summed E-state index contributed by atoms with van der Waals surface area (Å²) in [5.74, 6) is 0.388. The lowest BCUT2D eigenvalue weighted by Crippen LogP contribution is -2.23. The number of para-hydroxylation sites is 1. The summed E-state index contributed by atoms with van der Waals surface area (Å²) < 4.78 is 3.52. The smallest absolute Gasteiger partial charge is 0.295 e. The number of hydrogen-bond acceptors (Lipinski definition) is 2. The highest BCUT2D eigenvalue weighted by atomic mass is 16.1. The van der Waals surface area contributed by atoms with Crippen molar-refractivity contribution in [3.63, 3.8) is 0 Å². The van der Waals surface area contributed by atoms with Crippen LogP contribution in [0.1, 0.15) is 19.5 Å². The number of carbonyl (C=O) groups excluding carboxylic acids is 1. The fourth-order valence-electron chi connectivity index (χ4n) is 2.26. The zero-order valence-electron chi connectivity index (χ0n) is 12.0. The highest BCUT2D eigenvalue weighted by Gasteiger charge is 2.18. The first-order chi connectivity index (χ1) is 9.56. The van der Waals surface area contributed by atoms with Crippen LogP contribution in [0.5, 0.6) is 0 Å². The Morgan fingerprint density at radius 2 is 1.90 bits per heavy atom. The molecule has 0 fully saturated rings. The van der Waals surface area contributed by atoms with Crippen LogP contribution in [0.2, 0.25) is 0 Å². The van der Waals surface area contributed by atoms with Crippen LogP contribution in [0.15, 0.2) is 35.1 Å². The molecule has 2 rings (SSSR count). The van der Waals surface area contributed by atoms with Crippen molar-refractivity contribution in [2.24, 2.45) is 5.92 Å². The molecule has 0 bridgehead atoms. The molecule has 1 heterocycles. The Labute approximate surface area is 117 Å². The highest BCUT2D eigenvalue weighted by Crippen LogP contribution is 2.16. The summed E-state index contributed by atoms with van der Waals surface area (Å²) >= 11 is 0. The van der Waals surface area contributed by atoms with Crippen molar-refractivity contribution in [2.45, 2.75) is 27.3 Å². The van der Waals surface area contributed by atoms with Crippen molar-refractivity contribution in [1.29, 1.82) is 0 Å². The van der Waals surface area contributed by atoms with E-state index in [4.69, 9.17) is 0 Å². The van der Waals surface area contributed by atoms with Crippen LogP contribution in [-0.4, -0.2) is 15.8 Å². The van der Waals surface area contributed by atoms with Crippen LogP contribution < -0.4 is 10.9 Å². The third-order valence-corrected chi connectivity index (χ3v) is 3.14. The van der Waals surface area contributed by atoms with E-state index in [-0.39, 0.29) is 5.56 Å². The molecule has 5 nitrogen and oxygen atoms in total. The molecule has 1 amide bonds. The molecule has 0 saturated carbocycles. The van der Waals surface area contributed by atoms with E-state index in [0.29, 0.717) is 24.6 Å². The van der Waals surface area contributed by atoms with Gasteiger partial charge in [0.15, 0.2) is 0 Å². The molecule has 0 aliphatic carbocycles. The third kappa shape index (κ3) is 2.52. The molecule has 1 aromatic heterocycles. The molecule has 1 aromatic carbocycles. The molecule has 20 heavy (non-hydrogen) atoms. The van der Waals surface area contributed by atoms with E-state index >= 15 is 0 Å². The van der Waals surface area contributed by atoms with Crippen LogP contribution in [0.25, 0.3) is 5.69 Å². The molecule has 0 aliphatic heterocycles. The molecular weight excluding hydrogens is 254 g/mol. The first-order valence-electron chi connectivity index (χ1n) is 6.64. The molecule has 0 atom stereocenters. The SMILES string of the molecule is Cc1c(NC=O)c(=O)n(-c2ccccc2)n1CC(C)C. The van der Waals surface area contributed by atoms with Gasteiger partial charge in [0.25, 0.3) is 5.56 Å². The van der Waals surface area contributed by atoms with Gasteiger partial charge in [0.2, 0.25) is 6.41 Å². The second-order valence-electron chi connectivity index (χ2n) is 5.15. The minimum absolute atomic E-state index is 0.207. The third-order valence-electron chi connectivity index (χ3n) is 3.14. The van der Waals surface area contributed by atoms with Gasteiger partial charge in [-0.2, -0.15) is 0 Å². The van der Waals surface area contributed by atoms with Gasteiger partial charge in [-0.15, -0.1) is 0 Å². The molecule has 106 valence electrons. The number of benzene rings is 1. The molecule has 0 saturated heterocycles. The number of carbonyl (C=O) groups is 1. The predicted octanol–water partition coefficient (Wildman–Crippen LogP) is 2.17. The molecule has 0 spiro atoms. The van der Waals surface area contributed by atoms with E-state index < -0.39 is 0 Å². The van der Waals surface area contributed by atoms with Gasteiger partial charge >= 0.3 is 0 Å².